The summed E-state index contributed by atoms with van der Waals surface area (Å²) >= 11 is 6.62. The normalized spacial score (nSPS) is 10.2. The maximum Gasteiger partial charge on any atom is 0.335 e. The van der Waals surface area contributed by atoms with Crippen LogP contribution in [0.3, 0.4) is 0 Å². The third-order valence-electron chi connectivity index (χ3n) is 2.67. The second-order valence-corrected chi connectivity index (χ2v) is 5.92. The number of carbonyl (C=O) groups excluding carboxylic acids is 1. The van der Waals surface area contributed by atoms with E-state index in [0.717, 1.165) is 4.47 Å². The standard InChI is InChI=1S/C14H10Br2N2O3/c15-9-1-2-12(16)11(6-9)13(19)18-7-10-5-8(14(20)21)3-4-17-10/h1-6H,7H2,(H,18,19)(H,20,21). The number of nitrogens with zero attached hydrogens (tertiary/aromatic N) is 1. The van der Waals surface area contributed by atoms with Crippen LogP contribution in [0.5, 0.6) is 0 Å². The summed E-state index contributed by atoms with van der Waals surface area (Å²) in [4.78, 5) is 27.0. The number of carboxylic acid groups (broad SMARTS) is 1. The zero-order valence-electron chi connectivity index (χ0n) is 10.6. The van der Waals surface area contributed by atoms with E-state index in [4.69, 9.17) is 5.11 Å². The van der Waals surface area contributed by atoms with E-state index in [9.17, 15) is 9.59 Å². The van der Waals surface area contributed by atoms with Gasteiger partial charge >= 0.3 is 5.97 Å². The molecule has 5 nitrogen and oxygen atoms in total. The molecule has 1 aromatic carbocycles. The molecule has 0 fully saturated rings. The van der Waals surface area contributed by atoms with E-state index in [2.05, 4.69) is 42.2 Å². The van der Waals surface area contributed by atoms with Crippen molar-refractivity contribution in [3.63, 3.8) is 0 Å². The van der Waals surface area contributed by atoms with Gasteiger partial charge in [-0.2, -0.15) is 0 Å². The van der Waals surface area contributed by atoms with E-state index in [1.807, 2.05) is 6.07 Å². The van der Waals surface area contributed by atoms with Gasteiger partial charge < -0.3 is 10.4 Å². The zero-order valence-corrected chi connectivity index (χ0v) is 13.8. The molecule has 1 aromatic heterocycles. The number of benzene rings is 1. The van der Waals surface area contributed by atoms with Gasteiger partial charge in [-0.25, -0.2) is 4.79 Å². The summed E-state index contributed by atoms with van der Waals surface area (Å²) in [5.74, 6) is -1.30. The average molecular weight is 414 g/mol. The number of rotatable bonds is 4. The Morgan fingerprint density at radius 2 is 1.95 bits per heavy atom. The van der Waals surface area contributed by atoms with Gasteiger partial charge in [0.2, 0.25) is 0 Å². The molecule has 7 heteroatoms. The van der Waals surface area contributed by atoms with E-state index in [1.54, 1.807) is 12.1 Å². The van der Waals surface area contributed by atoms with E-state index in [0.29, 0.717) is 15.7 Å². The Kier molecular flexibility index (Phi) is 5.08. The van der Waals surface area contributed by atoms with Crippen LogP contribution in [-0.2, 0) is 6.54 Å². The van der Waals surface area contributed by atoms with Crippen LogP contribution in [0.1, 0.15) is 26.4 Å². The Balaban J connectivity index is 2.09. The van der Waals surface area contributed by atoms with Crippen LogP contribution >= 0.6 is 31.9 Å². The van der Waals surface area contributed by atoms with E-state index < -0.39 is 5.97 Å². The fourth-order valence-electron chi connectivity index (χ4n) is 1.65. The van der Waals surface area contributed by atoms with Gasteiger partial charge in [-0.3, -0.25) is 9.78 Å². The number of aromatic nitrogens is 1. The number of hydrogen-bond acceptors (Lipinski definition) is 3. The van der Waals surface area contributed by atoms with Gasteiger partial charge in [-0.05, 0) is 46.3 Å². The molecule has 0 aliphatic heterocycles. The molecule has 2 aromatic rings. The van der Waals surface area contributed by atoms with Crippen LogP contribution < -0.4 is 5.32 Å². The number of pyridine rings is 1. The van der Waals surface area contributed by atoms with Crippen molar-refractivity contribution in [1.82, 2.24) is 10.3 Å². The minimum atomic E-state index is -1.03. The first-order chi connectivity index (χ1) is 9.97. The van der Waals surface area contributed by atoms with Crippen LogP contribution in [0, 0.1) is 0 Å². The van der Waals surface area contributed by atoms with Crippen molar-refractivity contribution in [2.75, 3.05) is 0 Å². The fourth-order valence-corrected chi connectivity index (χ4v) is 2.43. The Bertz CT molecular complexity index is 704. The van der Waals surface area contributed by atoms with Gasteiger partial charge in [0.1, 0.15) is 0 Å². The Morgan fingerprint density at radius 3 is 2.67 bits per heavy atom. The Labute approximate surface area is 137 Å². The van der Waals surface area contributed by atoms with Crippen LogP contribution in [-0.4, -0.2) is 22.0 Å². The molecule has 108 valence electrons. The number of carbonyl (C=O) groups is 2. The molecule has 0 bridgehead atoms. The maximum atomic E-state index is 12.1. The number of nitrogens with one attached hydrogen (secondary N) is 1. The number of carboxylic acids is 1. The topological polar surface area (TPSA) is 79.3 Å². The van der Waals surface area contributed by atoms with Gasteiger partial charge in [0.15, 0.2) is 0 Å². The Morgan fingerprint density at radius 1 is 1.19 bits per heavy atom. The summed E-state index contributed by atoms with van der Waals surface area (Å²) in [5, 5.41) is 11.6. The second-order valence-electron chi connectivity index (χ2n) is 4.15. The SMILES string of the molecule is O=C(O)c1ccnc(CNC(=O)c2cc(Br)ccc2Br)c1. The van der Waals surface area contributed by atoms with Crippen LogP contribution in [0.2, 0.25) is 0 Å². The first-order valence-corrected chi connectivity index (χ1v) is 7.47. The third kappa shape index (κ3) is 4.12. The molecule has 2 N–H and O–H groups in total. The molecule has 0 atom stereocenters. The lowest BCUT2D eigenvalue weighted by molar-refractivity contribution is 0.0696. The van der Waals surface area contributed by atoms with E-state index in [-0.39, 0.29) is 18.0 Å². The van der Waals surface area contributed by atoms with Gasteiger partial charge in [-0.1, -0.05) is 15.9 Å². The second kappa shape index (κ2) is 6.82. The number of amides is 1. The molecular weight excluding hydrogens is 404 g/mol. The summed E-state index contributed by atoms with van der Waals surface area (Å²) in [5.41, 5.74) is 1.10. The Hall–Kier alpha value is -1.73. The van der Waals surface area contributed by atoms with Crippen molar-refractivity contribution in [3.8, 4) is 0 Å². The monoisotopic (exact) mass is 412 g/mol. The number of halogens is 2. The molecular formula is C14H10Br2N2O3. The highest BCUT2D eigenvalue weighted by Crippen LogP contribution is 2.21. The minimum Gasteiger partial charge on any atom is -0.478 e. The molecule has 21 heavy (non-hydrogen) atoms. The average Bonchev–Trinajstić information content (AvgIpc) is 2.47. The summed E-state index contributed by atoms with van der Waals surface area (Å²) in [6, 6.07) is 8.11. The quantitative estimate of drug-likeness (QED) is 0.806. The molecule has 0 radical (unpaired) electrons. The molecule has 1 amide bonds. The molecule has 0 spiro atoms. The van der Waals surface area contributed by atoms with Gasteiger partial charge in [0, 0.05) is 15.1 Å². The lowest BCUT2D eigenvalue weighted by Crippen LogP contribution is -2.23. The third-order valence-corrected chi connectivity index (χ3v) is 3.85. The van der Waals surface area contributed by atoms with Crippen molar-refractivity contribution < 1.29 is 14.7 Å². The van der Waals surface area contributed by atoms with Crippen LogP contribution in [0.4, 0.5) is 0 Å². The summed E-state index contributed by atoms with van der Waals surface area (Å²) in [7, 11) is 0. The first kappa shape index (κ1) is 15.7. The molecule has 0 unspecified atom stereocenters. The van der Waals surface area contributed by atoms with Crippen molar-refractivity contribution in [2.24, 2.45) is 0 Å². The molecule has 0 saturated heterocycles. The van der Waals surface area contributed by atoms with Crippen molar-refractivity contribution in [2.45, 2.75) is 6.54 Å². The largest absolute Gasteiger partial charge is 0.478 e. The molecule has 2 rings (SSSR count). The van der Waals surface area contributed by atoms with Crippen molar-refractivity contribution in [1.29, 1.82) is 0 Å². The summed E-state index contributed by atoms with van der Waals surface area (Å²) in [6.07, 6.45) is 1.40. The fraction of sp³-hybridized carbons (Fsp3) is 0.0714. The highest BCUT2D eigenvalue weighted by atomic mass is 79.9. The zero-order chi connectivity index (χ0) is 15.4. The molecule has 1 heterocycles. The predicted octanol–water partition coefficient (Wildman–Crippen LogP) is 3.23. The smallest absolute Gasteiger partial charge is 0.335 e. The van der Waals surface area contributed by atoms with Gasteiger partial charge in [-0.15, -0.1) is 0 Å². The van der Waals surface area contributed by atoms with Gasteiger partial charge in [0.25, 0.3) is 5.91 Å². The molecule has 0 saturated carbocycles. The summed E-state index contributed by atoms with van der Waals surface area (Å²) < 4.78 is 1.47. The first-order valence-electron chi connectivity index (χ1n) is 5.89. The van der Waals surface area contributed by atoms with Crippen LogP contribution in [0.25, 0.3) is 0 Å². The lowest BCUT2D eigenvalue weighted by Gasteiger charge is -2.07. The molecule has 0 aliphatic rings. The lowest BCUT2D eigenvalue weighted by atomic mass is 10.2. The molecule has 0 aliphatic carbocycles. The van der Waals surface area contributed by atoms with Gasteiger partial charge in [0.05, 0.1) is 23.4 Å². The minimum absolute atomic E-state index is 0.137. The summed E-state index contributed by atoms with van der Waals surface area (Å²) in [6.45, 7) is 0.152. The highest BCUT2D eigenvalue weighted by Gasteiger charge is 2.11. The highest BCUT2D eigenvalue weighted by molar-refractivity contribution is 9.11. The van der Waals surface area contributed by atoms with Crippen LogP contribution in [0.15, 0.2) is 45.5 Å². The number of aromatic carboxylic acids is 1. The van der Waals surface area contributed by atoms with Crippen molar-refractivity contribution >= 4 is 43.7 Å². The van der Waals surface area contributed by atoms with Crippen molar-refractivity contribution in [3.05, 3.63) is 62.3 Å². The predicted molar refractivity (Wildman–Crippen MR) is 84.2 cm³/mol. The van der Waals surface area contributed by atoms with E-state index in [1.165, 1.54) is 18.3 Å². The number of hydrogen-bond donors (Lipinski definition) is 2. The van der Waals surface area contributed by atoms with E-state index >= 15 is 0 Å². The maximum absolute atomic E-state index is 12.1.